The van der Waals surface area contributed by atoms with E-state index < -0.39 is 5.54 Å². The molecule has 0 atom stereocenters. The van der Waals surface area contributed by atoms with E-state index in [1.54, 1.807) is 24.3 Å². The SMILES string of the molecule is O=C(C1=C(C(=O)c2ccccc2)C2(CCCCC2)N=C1c1ccc(Cl)cc1)c1ccccc1. The third kappa shape index (κ3) is 3.98. The van der Waals surface area contributed by atoms with E-state index in [1.165, 1.54) is 0 Å². The predicted octanol–water partition coefficient (Wildman–Crippen LogP) is 6.91. The number of aliphatic imine (C=N–C) groups is 1. The van der Waals surface area contributed by atoms with Gasteiger partial charge in [0.25, 0.3) is 0 Å². The number of hydrogen-bond donors (Lipinski definition) is 0. The molecule has 0 amide bonds. The van der Waals surface area contributed by atoms with E-state index in [-0.39, 0.29) is 11.6 Å². The van der Waals surface area contributed by atoms with Crippen molar-refractivity contribution in [2.75, 3.05) is 0 Å². The summed E-state index contributed by atoms with van der Waals surface area (Å²) in [6.45, 7) is 0. The standard InChI is InChI=1S/C29H24ClNO2/c30-23-16-14-20(15-17-23)26-24(27(32)21-10-4-1-5-11-21)25(28(33)22-12-6-2-7-13-22)29(31-26)18-8-3-9-19-29/h1-2,4-7,10-17H,3,8-9,18-19H2. The minimum atomic E-state index is -0.667. The molecule has 0 radical (unpaired) electrons. The van der Waals surface area contributed by atoms with Gasteiger partial charge in [0.1, 0.15) is 0 Å². The first-order valence-electron chi connectivity index (χ1n) is 11.4. The summed E-state index contributed by atoms with van der Waals surface area (Å²) in [6, 6.07) is 25.8. The second-order valence-corrected chi connectivity index (χ2v) is 9.14. The highest BCUT2D eigenvalue weighted by atomic mass is 35.5. The lowest BCUT2D eigenvalue weighted by atomic mass is 9.73. The van der Waals surface area contributed by atoms with Gasteiger partial charge in [0.2, 0.25) is 0 Å². The lowest BCUT2D eigenvalue weighted by Gasteiger charge is -2.33. The van der Waals surface area contributed by atoms with Crippen LogP contribution < -0.4 is 0 Å². The van der Waals surface area contributed by atoms with Gasteiger partial charge in [-0.1, -0.05) is 104 Å². The van der Waals surface area contributed by atoms with Gasteiger partial charge in [0, 0.05) is 27.3 Å². The van der Waals surface area contributed by atoms with E-state index >= 15 is 0 Å². The van der Waals surface area contributed by atoms with Gasteiger partial charge in [-0.25, -0.2) is 0 Å². The third-order valence-electron chi connectivity index (χ3n) is 6.60. The molecule has 5 rings (SSSR count). The highest BCUT2D eigenvalue weighted by Crippen LogP contribution is 2.46. The zero-order chi connectivity index (χ0) is 22.8. The molecule has 0 N–H and O–H groups in total. The van der Waals surface area contributed by atoms with Crippen LogP contribution >= 0.6 is 11.6 Å². The van der Waals surface area contributed by atoms with Crippen molar-refractivity contribution in [2.24, 2.45) is 4.99 Å². The van der Waals surface area contributed by atoms with Gasteiger partial charge in [-0.05, 0) is 25.0 Å². The maximum absolute atomic E-state index is 14.0. The molecule has 0 bridgehead atoms. The van der Waals surface area contributed by atoms with Crippen molar-refractivity contribution in [3.63, 3.8) is 0 Å². The van der Waals surface area contributed by atoms with Crippen LogP contribution in [0.5, 0.6) is 0 Å². The van der Waals surface area contributed by atoms with Gasteiger partial charge in [-0.3, -0.25) is 14.6 Å². The van der Waals surface area contributed by atoms with Crippen molar-refractivity contribution in [1.82, 2.24) is 0 Å². The molecule has 3 nitrogen and oxygen atoms in total. The number of carbonyl (C=O) groups excluding carboxylic acids is 2. The Morgan fingerprint density at radius 2 is 1.24 bits per heavy atom. The molecule has 0 saturated heterocycles. The maximum atomic E-state index is 14.0. The largest absolute Gasteiger partial charge is 0.289 e. The fourth-order valence-electron chi connectivity index (χ4n) is 5.01. The highest BCUT2D eigenvalue weighted by Gasteiger charge is 2.48. The van der Waals surface area contributed by atoms with Crippen LogP contribution in [0.15, 0.2) is 101 Å². The van der Waals surface area contributed by atoms with Crippen molar-refractivity contribution in [2.45, 2.75) is 37.6 Å². The minimum Gasteiger partial charge on any atom is -0.289 e. The average Bonchev–Trinajstić information content (AvgIpc) is 3.19. The quantitative estimate of drug-likeness (QED) is 0.394. The predicted molar refractivity (Wildman–Crippen MR) is 132 cm³/mol. The number of nitrogens with zero attached hydrogens (tertiary/aromatic N) is 1. The van der Waals surface area contributed by atoms with Crippen LogP contribution in [0, 0.1) is 0 Å². The lowest BCUT2D eigenvalue weighted by molar-refractivity contribution is 0.0988. The Hall–Kier alpha value is -3.30. The highest BCUT2D eigenvalue weighted by molar-refractivity contribution is 6.38. The summed E-state index contributed by atoms with van der Waals surface area (Å²) in [4.78, 5) is 33.1. The Bertz CT molecular complexity index is 1250. The van der Waals surface area contributed by atoms with Crippen LogP contribution in [0.25, 0.3) is 0 Å². The van der Waals surface area contributed by atoms with Crippen LogP contribution in [0.4, 0.5) is 0 Å². The Morgan fingerprint density at radius 1 is 0.697 bits per heavy atom. The summed E-state index contributed by atoms with van der Waals surface area (Å²) in [5.74, 6) is -0.268. The van der Waals surface area contributed by atoms with Crippen molar-refractivity contribution >= 4 is 28.9 Å². The maximum Gasteiger partial charge on any atom is 0.195 e. The van der Waals surface area contributed by atoms with E-state index in [1.807, 2.05) is 60.7 Å². The Kier molecular flexibility index (Phi) is 5.82. The van der Waals surface area contributed by atoms with Crippen LogP contribution in [0.3, 0.4) is 0 Å². The van der Waals surface area contributed by atoms with Gasteiger partial charge in [-0.2, -0.15) is 0 Å². The Morgan fingerprint density at radius 3 is 1.82 bits per heavy atom. The summed E-state index contributed by atoms with van der Waals surface area (Å²) in [5, 5.41) is 0.616. The van der Waals surface area contributed by atoms with Crippen molar-refractivity contribution in [1.29, 1.82) is 0 Å². The fraction of sp³-hybridized carbons (Fsp3) is 0.207. The zero-order valence-corrected chi connectivity index (χ0v) is 19.0. The topological polar surface area (TPSA) is 46.5 Å². The van der Waals surface area contributed by atoms with Gasteiger partial charge in [-0.15, -0.1) is 0 Å². The number of hydrogen-bond acceptors (Lipinski definition) is 3. The van der Waals surface area contributed by atoms with Gasteiger partial charge < -0.3 is 0 Å². The number of halogens is 1. The molecule has 3 aromatic carbocycles. The van der Waals surface area contributed by atoms with Crippen molar-refractivity contribution in [3.05, 3.63) is 118 Å². The number of Topliss-reactive ketones (excluding diaryl/α,β-unsaturated/α-hetero) is 2. The average molecular weight is 454 g/mol. The van der Waals surface area contributed by atoms with Crippen LogP contribution in [-0.2, 0) is 0 Å². The molecule has 33 heavy (non-hydrogen) atoms. The molecular weight excluding hydrogens is 430 g/mol. The number of allylic oxidation sites excluding steroid dienone is 1. The van der Waals surface area contributed by atoms with Gasteiger partial charge in [0.05, 0.1) is 16.8 Å². The molecule has 3 aromatic rings. The van der Waals surface area contributed by atoms with Crippen molar-refractivity contribution < 1.29 is 9.59 Å². The molecule has 0 aromatic heterocycles. The zero-order valence-electron chi connectivity index (χ0n) is 18.3. The number of ketones is 2. The van der Waals surface area contributed by atoms with Crippen molar-refractivity contribution in [3.8, 4) is 0 Å². The van der Waals surface area contributed by atoms with E-state index in [0.29, 0.717) is 33.0 Å². The normalized spacial score (nSPS) is 17.2. The molecule has 1 aliphatic heterocycles. The molecule has 1 heterocycles. The van der Waals surface area contributed by atoms with Crippen LogP contribution in [-0.4, -0.2) is 22.8 Å². The first-order chi connectivity index (χ1) is 16.1. The summed E-state index contributed by atoms with van der Waals surface area (Å²) in [6.07, 6.45) is 4.61. The van der Waals surface area contributed by atoms with Crippen LogP contribution in [0.1, 0.15) is 58.4 Å². The van der Waals surface area contributed by atoms with E-state index in [2.05, 4.69) is 0 Å². The third-order valence-corrected chi connectivity index (χ3v) is 6.85. The van der Waals surface area contributed by atoms with E-state index in [0.717, 1.165) is 37.7 Å². The molecule has 4 heteroatoms. The monoisotopic (exact) mass is 453 g/mol. The molecule has 164 valence electrons. The fourth-order valence-corrected chi connectivity index (χ4v) is 5.13. The molecule has 1 saturated carbocycles. The summed E-state index contributed by atoms with van der Waals surface area (Å²) in [7, 11) is 0. The second kappa shape index (κ2) is 8.92. The first-order valence-corrected chi connectivity index (χ1v) is 11.8. The molecule has 0 unspecified atom stereocenters. The smallest absolute Gasteiger partial charge is 0.195 e. The number of carbonyl (C=O) groups is 2. The van der Waals surface area contributed by atoms with Crippen LogP contribution in [0.2, 0.25) is 5.02 Å². The lowest BCUT2D eigenvalue weighted by Crippen LogP contribution is -2.34. The molecule has 1 aliphatic carbocycles. The summed E-state index contributed by atoms with van der Waals surface area (Å²) >= 11 is 6.14. The van der Waals surface area contributed by atoms with E-state index in [9.17, 15) is 9.59 Å². The molecule has 1 fully saturated rings. The number of benzene rings is 3. The first kappa shape index (κ1) is 21.5. The van der Waals surface area contributed by atoms with Gasteiger partial charge >= 0.3 is 0 Å². The number of rotatable bonds is 5. The molecular formula is C29H24ClNO2. The molecule has 1 spiro atoms. The summed E-state index contributed by atoms with van der Waals surface area (Å²) in [5.41, 5.74) is 2.86. The minimum absolute atomic E-state index is 0.107. The van der Waals surface area contributed by atoms with E-state index in [4.69, 9.17) is 16.6 Å². The second-order valence-electron chi connectivity index (χ2n) is 8.70. The Balaban J connectivity index is 1.76. The Labute approximate surface area is 198 Å². The summed E-state index contributed by atoms with van der Waals surface area (Å²) < 4.78 is 0. The van der Waals surface area contributed by atoms with Gasteiger partial charge in [0.15, 0.2) is 11.6 Å². The molecule has 2 aliphatic rings.